The first kappa shape index (κ1) is 13.5. The van der Waals surface area contributed by atoms with Crippen LogP contribution in [0.2, 0.25) is 0 Å². The molecule has 2 unspecified atom stereocenters. The number of fused-ring (bicyclic) bond motifs is 2. The van der Waals surface area contributed by atoms with Crippen molar-refractivity contribution in [1.29, 1.82) is 0 Å². The van der Waals surface area contributed by atoms with E-state index in [1.54, 1.807) is 11.3 Å². The molecular weight excluding hydrogens is 296 g/mol. The van der Waals surface area contributed by atoms with Crippen molar-refractivity contribution >= 4 is 32.8 Å². The summed E-state index contributed by atoms with van der Waals surface area (Å²) in [4.78, 5) is 1.49. The Bertz CT molecular complexity index is 755. The summed E-state index contributed by atoms with van der Waals surface area (Å²) in [6, 6.07) is 10.7. The first-order valence-corrected chi connectivity index (χ1v) is 9.28. The van der Waals surface area contributed by atoms with Crippen molar-refractivity contribution in [2.24, 2.45) is 0 Å². The lowest BCUT2D eigenvalue weighted by Gasteiger charge is -2.27. The van der Waals surface area contributed by atoms with Crippen LogP contribution in [0.1, 0.15) is 34.8 Å². The van der Waals surface area contributed by atoms with E-state index in [1.165, 1.54) is 38.9 Å². The second kappa shape index (κ2) is 5.56. The average Bonchev–Trinajstić information content (AvgIpc) is 3.14. The molecular formula is C18H18OS2. The second-order valence-electron chi connectivity index (χ2n) is 5.83. The van der Waals surface area contributed by atoms with E-state index < -0.39 is 0 Å². The van der Waals surface area contributed by atoms with Crippen molar-refractivity contribution in [2.45, 2.75) is 37.7 Å². The van der Waals surface area contributed by atoms with Crippen LogP contribution in [0.3, 0.4) is 0 Å². The topological polar surface area (TPSA) is 20.2 Å². The summed E-state index contributed by atoms with van der Waals surface area (Å²) >= 11 is 3.63. The van der Waals surface area contributed by atoms with Crippen molar-refractivity contribution in [1.82, 2.24) is 0 Å². The lowest BCUT2D eigenvalue weighted by Crippen LogP contribution is -2.23. The Morgan fingerprint density at radius 3 is 3.05 bits per heavy atom. The molecule has 4 rings (SSSR count). The molecule has 0 saturated carbocycles. The van der Waals surface area contributed by atoms with Gasteiger partial charge in [0.15, 0.2) is 0 Å². The highest BCUT2D eigenvalue weighted by atomic mass is 32.1. The zero-order valence-corrected chi connectivity index (χ0v) is 13.4. The normalized spacial score (nSPS) is 19.6. The van der Waals surface area contributed by atoms with Gasteiger partial charge in [0.1, 0.15) is 0 Å². The van der Waals surface area contributed by atoms with Crippen LogP contribution in [0.25, 0.3) is 10.1 Å². The van der Waals surface area contributed by atoms with E-state index >= 15 is 0 Å². The zero-order chi connectivity index (χ0) is 14.2. The van der Waals surface area contributed by atoms with Crippen LogP contribution >= 0.6 is 22.7 Å². The first-order valence-electron chi connectivity index (χ1n) is 7.52. The number of benzene rings is 1. The average molecular weight is 314 g/mol. The van der Waals surface area contributed by atoms with Crippen LogP contribution in [-0.2, 0) is 12.8 Å². The van der Waals surface area contributed by atoms with E-state index in [0.29, 0.717) is 5.92 Å². The molecule has 3 aromatic rings. The molecule has 1 aliphatic rings. The van der Waals surface area contributed by atoms with Crippen molar-refractivity contribution < 1.29 is 5.11 Å². The third kappa shape index (κ3) is 2.44. The standard InChI is InChI=1S/C18H18OS2/c19-16(14-5-3-7-18-15(14)8-9-20-18)10-12-11-21-17-6-2-1-4-13(12)17/h1-2,4,6,8-9,11,14,16,19H,3,5,7,10H2. The van der Waals surface area contributed by atoms with Gasteiger partial charge in [-0.05, 0) is 58.7 Å². The first-order chi connectivity index (χ1) is 10.3. The van der Waals surface area contributed by atoms with Crippen LogP contribution in [0.15, 0.2) is 41.1 Å². The Labute approximate surface area is 132 Å². The van der Waals surface area contributed by atoms with Crippen LogP contribution in [0.4, 0.5) is 0 Å². The fourth-order valence-electron chi connectivity index (χ4n) is 3.48. The summed E-state index contributed by atoms with van der Waals surface area (Å²) in [5.74, 6) is 0.318. The Hall–Kier alpha value is -1.16. The maximum absolute atomic E-state index is 10.8. The van der Waals surface area contributed by atoms with Gasteiger partial charge in [0.2, 0.25) is 0 Å². The molecule has 108 valence electrons. The molecule has 0 saturated heterocycles. The van der Waals surface area contributed by atoms with Crippen LogP contribution in [0, 0.1) is 0 Å². The van der Waals surface area contributed by atoms with E-state index in [-0.39, 0.29) is 6.10 Å². The number of aliphatic hydroxyl groups excluding tert-OH is 1. The van der Waals surface area contributed by atoms with E-state index in [4.69, 9.17) is 0 Å². The van der Waals surface area contributed by atoms with E-state index in [2.05, 4.69) is 41.1 Å². The monoisotopic (exact) mass is 314 g/mol. The molecule has 1 aromatic carbocycles. The van der Waals surface area contributed by atoms with E-state index in [9.17, 15) is 5.11 Å². The molecule has 2 heterocycles. The highest BCUT2D eigenvalue weighted by Crippen LogP contribution is 2.38. The van der Waals surface area contributed by atoms with Gasteiger partial charge < -0.3 is 5.11 Å². The summed E-state index contributed by atoms with van der Waals surface area (Å²) in [6.45, 7) is 0. The molecule has 0 bridgehead atoms. The predicted octanol–water partition coefficient (Wildman–Crippen LogP) is 4.99. The molecule has 1 N–H and O–H groups in total. The maximum Gasteiger partial charge on any atom is 0.0649 e. The summed E-state index contributed by atoms with van der Waals surface area (Å²) in [5, 5.41) is 16.5. The van der Waals surface area contributed by atoms with Gasteiger partial charge >= 0.3 is 0 Å². The van der Waals surface area contributed by atoms with Crippen molar-refractivity contribution in [3.63, 3.8) is 0 Å². The van der Waals surface area contributed by atoms with Crippen LogP contribution in [-0.4, -0.2) is 11.2 Å². The highest BCUT2D eigenvalue weighted by molar-refractivity contribution is 7.17. The smallest absolute Gasteiger partial charge is 0.0649 e. The molecule has 2 aromatic heterocycles. The summed E-state index contributed by atoms with van der Waals surface area (Å²) in [6.07, 6.45) is 4.02. The molecule has 1 aliphatic carbocycles. The minimum absolute atomic E-state index is 0.267. The zero-order valence-electron chi connectivity index (χ0n) is 11.8. The van der Waals surface area contributed by atoms with Gasteiger partial charge in [0, 0.05) is 21.9 Å². The number of aliphatic hydroxyl groups is 1. The van der Waals surface area contributed by atoms with Crippen LogP contribution in [0.5, 0.6) is 0 Å². The third-order valence-corrected chi connectivity index (χ3v) is 6.56. The van der Waals surface area contributed by atoms with Gasteiger partial charge in [0.25, 0.3) is 0 Å². The predicted molar refractivity (Wildman–Crippen MR) is 91.5 cm³/mol. The maximum atomic E-state index is 10.8. The van der Waals surface area contributed by atoms with Crippen molar-refractivity contribution in [3.05, 3.63) is 57.1 Å². The summed E-state index contributed by atoms with van der Waals surface area (Å²) < 4.78 is 1.32. The van der Waals surface area contributed by atoms with Gasteiger partial charge in [-0.25, -0.2) is 0 Å². The molecule has 2 atom stereocenters. The third-order valence-electron chi connectivity index (χ3n) is 4.55. The Morgan fingerprint density at radius 1 is 1.19 bits per heavy atom. The van der Waals surface area contributed by atoms with Gasteiger partial charge in [0.05, 0.1) is 6.10 Å². The Kier molecular flexibility index (Phi) is 3.57. The van der Waals surface area contributed by atoms with Crippen molar-refractivity contribution in [2.75, 3.05) is 0 Å². The van der Waals surface area contributed by atoms with Crippen molar-refractivity contribution in [3.8, 4) is 0 Å². The number of aryl methyl sites for hydroxylation is 1. The minimum Gasteiger partial charge on any atom is -0.392 e. The number of thiophene rings is 2. The fraction of sp³-hybridized carbons (Fsp3) is 0.333. The fourth-order valence-corrected chi connectivity index (χ4v) is 5.45. The van der Waals surface area contributed by atoms with Gasteiger partial charge in [-0.2, -0.15) is 0 Å². The Morgan fingerprint density at radius 2 is 2.10 bits per heavy atom. The minimum atomic E-state index is -0.267. The molecule has 3 heteroatoms. The molecule has 0 radical (unpaired) electrons. The summed E-state index contributed by atoms with van der Waals surface area (Å²) in [5.41, 5.74) is 2.70. The second-order valence-corrected chi connectivity index (χ2v) is 7.74. The molecule has 1 nitrogen and oxygen atoms in total. The van der Waals surface area contributed by atoms with Crippen LogP contribution < -0.4 is 0 Å². The van der Waals surface area contributed by atoms with E-state index in [0.717, 1.165) is 12.8 Å². The molecule has 0 spiro atoms. The lowest BCUT2D eigenvalue weighted by atomic mass is 9.82. The van der Waals surface area contributed by atoms with Gasteiger partial charge in [-0.3, -0.25) is 0 Å². The molecule has 21 heavy (non-hydrogen) atoms. The lowest BCUT2D eigenvalue weighted by molar-refractivity contribution is 0.135. The Balaban J connectivity index is 1.61. The molecule has 0 amide bonds. The van der Waals surface area contributed by atoms with Gasteiger partial charge in [-0.1, -0.05) is 18.2 Å². The molecule has 0 aliphatic heterocycles. The number of rotatable bonds is 3. The summed E-state index contributed by atoms with van der Waals surface area (Å²) in [7, 11) is 0. The number of hydrogen-bond acceptors (Lipinski definition) is 3. The molecule has 0 fully saturated rings. The largest absolute Gasteiger partial charge is 0.392 e. The SMILES string of the molecule is OC(Cc1csc2ccccc12)C1CCCc2sccc21. The van der Waals surface area contributed by atoms with E-state index in [1.807, 2.05) is 11.3 Å². The quantitative estimate of drug-likeness (QED) is 0.722. The number of hydrogen-bond donors (Lipinski definition) is 1. The van der Waals surface area contributed by atoms with Gasteiger partial charge in [-0.15, -0.1) is 22.7 Å². The highest BCUT2D eigenvalue weighted by Gasteiger charge is 2.27.